The van der Waals surface area contributed by atoms with Gasteiger partial charge in [-0.05, 0) is 75.3 Å². The molecule has 2 unspecified atom stereocenters. The van der Waals surface area contributed by atoms with Crippen molar-refractivity contribution in [2.45, 2.75) is 57.6 Å². The maximum atomic E-state index is 13.1. The van der Waals surface area contributed by atoms with Crippen molar-refractivity contribution in [3.05, 3.63) is 77.4 Å². The van der Waals surface area contributed by atoms with E-state index >= 15 is 0 Å². The number of ether oxygens (including phenoxy) is 1. The van der Waals surface area contributed by atoms with E-state index in [2.05, 4.69) is 12.1 Å². The van der Waals surface area contributed by atoms with Gasteiger partial charge in [-0.3, -0.25) is 4.79 Å². The first-order valence-electron chi connectivity index (χ1n) is 13.0. The maximum absolute atomic E-state index is 13.1. The number of benzene rings is 2. The van der Waals surface area contributed by atoms with Crippen molar-refractivity contribution in [3.8, 4) is 0 Å². The van der Waals surface area contributed by atoms with Gasteiger partial charge in [0.2, 0.25) is 5.91 Å². The lowest BCUT2D eigenvalue weighted by atomic mass is 9.96. The quantitative estimate of drug-likeness (QED) is 0.508. The van der Waals surface area contributed by atoms with Crippen LogP contribution in [0.4, 0.5) is 4.79 Å². The minimum atomic E-state index is -0.975. The zero-order valence-corrected chi connectivity index (χ0v) is 21.8. The molecule has 1 aliphatic carbocycles. The van der Waals surface area contributed by atoms with Crippen LogP contribution >= 0.6 is 0 Å². The molecule has 196 valence electrons. The third kappa shape index (κ3) is 7.21. The maximum Gasteiger partial charge on any atom is 0.410 e. The van der Waals surface area contributed by atoms with Gasteiger partial charge in [0.05, 0.1) is 5.56 Å². The van der Waals surface area contributed by atoms with Crippen molar-refractivity contribution >= 4 is 24.0 Å². The monoisotopic (exact) mass is 504 g/mol. The van der Waals surface area contributed by atoms with E-state index in [9.17, 15) is 14.4 Å². The van der Waals surface area contributed by atoms with E-state index in [1.807, 2.05) is 48.8 Å². The van der Waals surface area contributed by atoms with Crippen molar-refractivity contribution < 1.29 is 24.2 Å². The molecule has 0 aromatic heterocycles. The van der Waals surface area contributed by atoms with E-state index in [4.69, 9.17) is 9.84 Å². The predicted octanol–water partition coefficient (Wildman–Crippen LogP) is 5.43. The number of carbonyl (C=O) groups is 3. The van der Waals surface area contributed by atoms with Crippen LogP contribution in [0.5, 0.6) is 0 Å². The Hall–Kier alpha value is -3.61. The van der Waals surface area contributed by atoms with Crippen LogP contribution in [-0.4, -0.2) is 64.2 Å². The molecule has 4 rings (SSSR count). The summed E-state index contributed by atoms with van der Waals surface area (Å²) >= 11 is 0. The Morgan fingerprint density at radius 1 is 1.03 bits per heavy atom. The van der Waals surface area contributed by atoms with Crippen LogP contribution in [0, 0.1) is 5.92 Å². The summed E-state index contributed by atoms with van der Waals surface area (Å²) in [5.41, 5.74) is 1.69. The number of hydrogen-bond acceptors (Lipinski definition) is 4. The van der Waals surface area contributed by atoms with Crippen molar-refractivity contribution in [1.29, 1.82) is 0 Å². The van der Waals surface area contributed by atoms with Gasteiger partial charge in [-0.1, -0.05) is 42.5 Å². The van der Waals surface area contributed by atoms with E-state index in [0.717, 1.165) is 24.8 Å². The second-order valence-electron chi connectivity index (χ2n) is 11.0. The van der Waals surface area contributed by atoms with Gasteiger partial charge >= 0.3 is 12.1 Å². The van der Waals surface area contributed by atoms with Crippen molar-refractivity contribution in [2.24, 2.45) is 5.92 Å². The molecule has 1 aliphatic heterocycles. The third-order valence-electron chi connectivity index (χ3n) is 6.97. The number of carbonyl (C=O) groups excluding carboxylic acids is 2. The van der Waals surface area contributed by atoms with Gasteiger partial charge < -0.3 is 19.6 Å². The Morgan fingerprint density at radius 2 is 1.68 bits per heavy atom. The molecule has 1 N–H and O–H groups in total. The minimum Gasteiger partial charge on any atom is -0.478 e. The van der Waals surface area contributed by atoms with Crippen LogP contribution in [0.3, 0.4) is 0 Å². The van der Waals surface area contributed by atoms with Gasteiger partial charge in [-0.25, -0.2) is 9.59 Å². The van der Waals surface area contributed by atoms with Crippen LogP contribution in [0.2, 0.25) is 0 Å². The Kier molecular flexibility index (Phi) is 8.00. The van der Waals surface area contributed by atoms with E-state index in [-0.39, 0.29) is 23.6 Å². The fourth-order valence-corrected chi connectivity index (χ4v) is 4.87. The molecule has 0 spiro atoms. The Morgan fingerprint density at radius 3 is 2.27 bits per heavy atom. The normalized spacial score (nSPS) is 20.0. The molecular formula is C30H36N2O5. The summed E-state index contributed by atoms with van der Waals surface area (Å²) < 4.78 is 5.76. The standard InChI is InChI=1S/C30H36N2O5/c1-30(2,3)37-29(36)32(26-19-25(26)23-7-5-4-6-8-23)20-22-15-17-31(18-16-22)27(33)14-11-21-9-12-24(13-10-21)28(34)35/h4-14,22,25-26H,15-20H2,1-3H3,(H,34,35). The Bertz CT molecular complexity index is 1130. The van der Waals surface area contributed by atoms with Gasteiger partial charge in [0.25, 0.3) is 0 Å². The highest BCUT2D eigenvalue weighted by atomic mass is 16.6. The molecule has 2 fully saturated rings. The van der Waals surface area contributed by atoms with Crippen LogP contribution < -0.4 is 0 Å². The second kappa shape index (κ2) is 11.2. The molecule has 2 aromatic rings. The molecule has 2 amide bonds. The van der Waals surface area contributed by atoms with Crippen LogP contribution in [0.25, 0.3) is 6.08 Å². The fraction of sp³-hybridized carbons (Fsp3) is 0.433. The largest absolute Gasteiger partial charge is 0.478 e. The van der Waals surface area contributed by atoms with Crippen LogP contribution in [0.15, 0.2) is 60.7 Å². The summed E-state index contributed by atoms with van der Waals surface area (Å²) in [5.74, 6) is -0.390. The number of rotatable bonds is 7. The molecule has 2 aromatic carbocycles. The summed E-state index contributed by atoms with van der Waals surface area (Å²) in [7, 11) is 0. The summed E-state index contributed by atoms with van der Waals surface area (Å²) in [6.45, 7) is 7.59. The molecule has 1 heterocycles. The molecular weight excluding hydrogens is 468 g/mol. The number of amides is 2. The van der Waals surface area contributed by atoms with Crippen molar-refractivity contribution in [2.75, 3.05) is 19.6 Å². The van der Waals surface area contributed by atoms with Gasteiger partial charge in [-0.2, -0.15) is 0 Å². The average Bonchev–Trinajstić information content (AvgIpc) is 3.66. The van der Waals surface area contributed by atoms with E-state index < -0.39 is 11.6 Å². The lowest BCUT2D eigenvalue weighted by Gasteiger charge is -2.35. The topological polar surface area (TPSA) is 87.2 Å². The van der Waals surface area contributed by atoms with Crippen molar-refractivity contribution in [3.63, 3.8) is 0 Å². The third-order valence-corrected chi connectivity index (χ3v) is 6.97. The molecule has 0 radical (unpaired) electrons. The van der Waals surface area contributed by atoms with Gasteiger partial charge in [-0.15, -0.1) is 0 Å². The molecule has 2 aliphatic rings. The fourth-order valence-electron chi connectivity index (χ4n) is 4.87. The lowest BCUT2D eigenvalue weighted by Crippen LogP contribution is -2.45. The molecule has 37 heavy (non-hydrogen) atoms. The van der Waals surface area contributed by atoms with Gasteiger partial charge in [0.1, 0.15) is 5.60 Å². The van der Waals surface area contributed by atoms with Gasteiger partial charge in [0.15, 0.2) is 0 Å². The molecule has 1 saturated carbocycles. The highest BCUT2D eigenvalue weighted by Crippen LogP contribution is 2.45. The van der Waals surface area contributed by atoms with Gasteiger partial charge in [0, 0.05) is 37.7 Å². The summed E-state index contributed by atoms with van der Waals surface area (Å²) in [6, 6.07) is 16.9. The SMILES string of the molecule is CC(C)(C)OC(=O)N(CC1CCN(C(=O)C=Cc2ccc(C(=O)O)cc2)CC1)C1CC1c1ccccc1. The number of piperidine rings is 1. The molecule has 7 heteroatoms. The van der Waals surface area contributed by atoms with E-state index in [1.54, 1.807) is 18.2 Å². The van der Waals surface area contributed by atoms with Crippen LogP contribution in [-0.2, 0) is 9.53 Å². The zero-order chi connectivity index (χ0) is 26.6. The first kappa shape index (κ1) is 26.5. The first-order chi connectivity index (χ1) is 17.6. The number of carboxylic acids is 1. The average molecular weight is 505 g/mol. The summed E-state index contributed by atoms with van der Waals surface area (Å²) in [6.07, 6.45) is 5.59. The van der Waals surface area contributed by atoms with Crippen molar-refractivity contribution in [1.82, 2.24) is 9.80 Å². The van der Waals surface area contributed by atoms with E-state index in [1.165, 1.54) is 23.8 Å². The smallest absolute Gasteiger partial charge is 0.410 e. The molecule has 7 nitrogen and oxygen atoms in total. The minimum absolute atomic E-state index is 0.0592. The number of likely N-dealkylation sites (tertiary alicyclic amines) is 1. The highest BCUT2D eigenvalue weighted by Gasteiger charge is 2.46. The lowest BCUT2D eigenvalue weighted by molar-refractivity contribution is -0.127. The van der Waals surface area contributed by atoms with Crippen LogP contribution in [0.1, 0.15) is 67.4 Å². The Balaban J connectivity index is 1.33. The highest BCUT2D eigenvalue weighted by molar-refractivity contribution is 5.92. The second-order valence-corrected chi connectivity index (χ2v) is 11.0. The predicted molar refractivity (Wildman–Crippen MR) is 142 cm³/mol. The van der Waals surface area contributed by atoms with E-state index in [0.29, 0.717) is 31.5 Å². The Labute approximate surface area is 218 Å². The number of aromatic carboxylic acids is 1. The molecule has 0 bridgehead atoms. The molecule has 2 atom stereocenters. The first-order valence-corrected chi connectivity index (χ1v) is 13.0. The number of hydrogen-bond donors (Lipinski definition) is 1. The number of nitrogens with zero attached hydrogens (tertiary/aromatic N) is 2. The zero-order valence-electron chi connectivity index (χ0n) is 21.8. The number of carboxylic acid groups (broad SMARTS) is 1. The summed E-state index contributed by atoms with van der Waals surface area (Å²) in [4.78, 5) is 40.6. The molecule has 1 saturated heterocycles. The summed E-state index contributed by atoms with van der Waals surface area (Å²) in [5, 5.41) is 9.01.